The van der Waals surface area contributed by atoms with E-state index in [9.17, 15) is 0 Å². The van der Waals surface area contributed by atoms with E-state index in [4.69, 9.17) is 4.74 Å². The predicted molar refractivity (Wildman–Crippen MR) is 59.4 cm³/mol. The Balaban J connectivity index is 2.06. The van der Waals surface area contributed by atoms with Crippen LogP contribution in [-0.4, -0.2) is 25.2 Å². The van der Waals surface area contributed by atoms with Crippen LogP contribution in [0.4, 0.5) is 5.13 Å². The van der Waals surface area contributed by atoms with Crippen molar-refractivity contribution in [3.05, 3.63) is 9.98 Å². The summed E-state index contributed by atoms with van der Waals surface area (Å²) in [6, 6.07) is 0. The average molecular weight is 265 g/mol. The van der Waals surface area contributed by atoms with Gasteiger partial charge in [0.25, 0.3) is 0 Å². The Hall–Kier alpha value is -0.130. The molecule has 0 saturated heterocycles. The maximum atomic E-state index is 4.95. The van der Waals surface area contributed by atoms with E-state index in [1.54, 1.807) is 18.4 Å². The lowest BCUT2D eigenvalue weighted by molar-refractivity contribution is 0.194. The van der Waals surface area contributed by atoms with Gasteiger partial charge in [-0.15, -0.1) is 11.3 Å². The molecule has 0 atom stereocenters. The van der Waals surface area contributed by atoms with Crippen LogP contribution in [0, 0.1) is 0 Å². The Kier molecular flexibility index (Phi) is 5.34. The normalized spacial score (nSPS) is 10.3. The highest BCUT2D eigenvalue weighted by atomic mass is 79.9. The van der Waals surface area contributed by atoms with E-state index < -0.39 is 0 Å². The molecule has 0 aromatic carbocycles. The third kappa shape index (κ3) is 4.59. The number of unbranched alkanes of at least 4 members (excludes halogenated alkanes) is 1. The highest BCUT2D eigenvalue weighted by Crippen LogP contribution is 2.19. The van der Waals surface area contributed by atoms with Gasteiger partial charge in [0.1, 0.15) is 4.60 Å². The molecular formula is C8H13BrN2OS. The lowest BCUT2D eigenvalue weighted by Gasteiger charge is -2.01. The molecule has 0 spiro atoms. The average Bonchev–Trinajstić information content (AvgIpc) is 2.51. The molecule has 1 N–H and O–H groups in total. The number of thiazole rings is 1. The van der Waals surface area contributed by atoms with Crippen LogP contribution in [0.2, 0.25) is 0 Å². The van der Waals surface area contributed by atoms with Crippen molar-refractivity contribution >= 4 is 32.4 Å². The van der Waals surface area contributed by atoms with Crippen molar-refractivity contribution in [2.45, 2.75) is 12.8 Å². The number of aromatic nitrogens is 1. The van der Waals surface area contributed by atoms with Gasteiger partial charge in [-0.05, 0) is 28.8 Å². The summed E-state index contributed by atoms with van der Waals surface area (Å²) in [6.07, 6.45) is 2.21. The number of nitrogens with zero attached hydrogens (tertiary/aromatic N) is 1. The van der Waals surface area contributed by atoms with Crippen LogP contribution in [0.5, 0.6) is 0 Å². The van der Waals surface area contributed by atoms with E-state index >= 15 is 0 Å². The third-order valence-electron chi connectivity index (χ3n) is 1.53. The zero-order chi connectivity index (χ0) is 9.52. The summed E-state index contributed by atoms with van der Waals surface area (Å²) >= 11 is 4.92. The smallest absolute Gasteiger partial charge is 0.183 e. The molecule has 1 rings (SSSR count). The minimum Gasteiger partial charge on any atom is -0.385 e. The molecular weight excluding hydrogens is 252 g/mol. The van der Waals surface area contributed by atoms with Gasteiger partial charge in [0.2, 0.25) is 0 Å². The largest absolute Gasteiger partial charge is 0.385 e. The first-order valence-corrected chi connectivity index (χ1v) is 5.84. The molecule has 13 heavy (non-hydrogen) atoms. The minimum absolute atomic E-state index is 0.837. The van der Waals surface area contributed by atoms with E-state index in [1.807, 2.05) is 5.38 Å². The molecule has 0 aliphatic carbocycles. The van der Waals surface area contributed by atoms with Gasteiger partial charge in [-0.2, -0.15) is 0 Å². The molecule has 74 valence electrons. The molecule has 1 heterocycles. The molecule has 0 aliphatic heterocycles. The van der Waals surface area contributed by atoms with Gasteiger partial charge in [0.15, 0.2) is 5.13 Å². The molecule has 5 heteroatoms. The Bertz CT molecular complexity index is 242. The van der Waals surface area contributed by atoms with Gasteiger partial charge in [-0.1, -0.05) is 0 Å². The van der Waals surface area contributed by atoms with Crippen molar-refractivity contribution in [1.82, 2.24) is 4.98 Å². The Morgan fingerprint density at radius 2 is 2.46 bits per heavy atom. The predicted octanol–water partition coefficient (Wildman–Crippen LogP) is 2.74. The Labute approximate surface area is 90.6 Å². The van der Waals surface area contributed by atoms with Crippen LogP contribution >= 0.6 is 27.3 Å². The Morgan fingerprint density at radius 3 is 3.08 bits per heavy atom. The molecule has 3 nitrogen and oxygen atoms in total. The molecule has 0 radical (unpaired) electrons. The molecule has 0 aliphatic rings. The zero-order valence-electron chi connectivity index (χ0n) is 7.55. The van der Waals surface area contributed by atoms with E-state index in [-0.39, 0.29) is 0 Å². The van der Waals surface area contributed by atoms with E-state index in [2.05, 4.69) is 26.2 Å². The first kappa shape index (κ1) is 10.9. The van der Waals surface area contributed by atoms with Gasteiger partial charge in [0, 0.05) is 25.6 Å². The van der Waals surface area contributed by atoms with Crippen molar-refractivity contribution in [3.63, 3.8) is 0 Å². The number of rotatable bonds is 6. The van der Waals surface area contributed by atoms with Crippen molar-refractivity contribution in [2.75, 3.05) is 25.6 Å². The second-order valence-electron chi connectivity index (χ2n) is 2.60. The third-order valence-corrected chi connectivity index (χ3v) is 3.04. The van der Waals surface area contributed by atoms with Crippen molar-refractivity contribution < 1.29 is 4.74 Å². The Morgan fingerprint density at radius 1 is 1.62 bits per heavy atom. The fraction of sp³-hybridized carbons (Fsp3) is 0.625. The van der Waals surface area contributed by atoms with Crippen molar-refractivity contribution in [3.8, 4) is 0 Å². The summed E-state index contributed by atoms with van der Waals surface area (Å²) in [6.45, 7) is 1.80. The minimum atomic E-state index is 0.837. The maximum Gasteiger partial charge on any atom is 0.183 e. The topological polar surface area (TPSA) is 34.1 Å². The highest BCUT2D eigenvalue weighted by Gasteiger charge is 1.96. The summed E-state index contributed by atoms with van der Waals surface area (Å²) in [5.41, 5.74) is 0. The van der Waals surface area contributed by atoms with Crippen LogP contribution in [-0.2, 0) is 4.74 Å². The van der Waals surface area contributed by atoms with Gasteiger partial charge < -0.3 is 10.1 Å². The first-order chi connectivity index (χ1) is 6.33. The summed E-state index contributed by atoms with van der Waals surface area (Å²) in [5, 5.41) is 6.19. The number of halogens is 1. The summed E-state index contributed by atoms with van der Waals surface area (Å²) < 4.78 is 5.85. The highest BCUT2D eigenvalue weighted by molar-refractivity contribution is 9.10. The number of methoxy groups -OCH3 is 1. The number of anilines is 1. The summed E-state index contributed by atoms with van der Waals surface area (Å²) in [4.78, 5) is 4.22. The van der Waals surface area contributed by atoms with Crippen LogP contribution < -0.4 is 5.32 Å². The van der Waals surface area contributed by atoms with Gasteiger partial charge in [-0.3, -0.25) is 0 Å². The van der Waals surface area contributed by atoms with Gasteiger partial charge >= 0.3 is 0 Å². The molecule has 0 amide bonds. The molecule has 1 aromatic rings. The number of nitrogens with one attached hydrogen (secondary N) is 1. The summed E-state index contributed by atoms with van der Waals surface area (Å²) in [5.74, 6) is 0. The van der Waals surface area contributed by atoms with E-state index in [1.165, 1.54) is 0 Å². The van der Waals surface area contributed by atoms with Crippen LogP contribution in [0.1, 0.15) is 12.8 Å². The fourth-order valence-corrected chi connectivity index (χ4v) is 2.08. The number of ether oxygens (including phenoxy) is 1. The molecule has 0 saturated carbocycles. The fourth-order valence-electron chi connectivity index (χ4n) is 0.902. The van der Waals surface area contributed by atoms with Crippen molar-refractivity contribution in [2.24, 2.45) is 0 Å². The second kappa shape index (κ2) is 6.34. The van der Waals surface area contributed by atoms with Crippen LogP contribution in [0.15, 0.2) is 9.98 Å². The first-order valence-electron chi connectivity index (χ1n) is 4.17. The number of hydrogen-bond donors (Lipinski definition) is 1. The van der Waals surface area contributed by atoms with Gasteiger partial charge in [-0.25, -0.2) is 4.98 Å². The lowest BCUT2D eigenvalue weighted by atomic mass is 10.3. The lowest BCUT2D eigenvalue weighted by Crippen LogP contribution is -2.02. The molecule has 0 fully saturated rings. The zero-order valence-corrected chi connectivity index (χ0v) is 9.95. The second-order valence-corrected chi connectivity index (χ2v) is 4.27. The molecule has 0 bridgehead atoms. The quantitative estimate of drug-likeness (QED) is 0.803. The standard InChI is InChI=1S/C8H13BrN2OS/c1-12-5-3-2-4-10-8-11-7(9)6-13-8/h6H,2-5H2,1H3,(H,10,11). The van der Waals surface area contributed by atoms with Crippen LogP contribution in [0.25, 0.3) is 0 Å². The monoisotopic (exact) mass is 264 g/mol. The molecule has 1 aromatic heterocycles. The summed E-state index contributed by atoms with van der Waals surface area (Å²) in [7, 11) is 1.73. The van der Waals surface area contributed by atoms with Crippen LogP contribution in [0.3, 0.4) is 0 Å². The van der Waals surface area contributed by atoms with E-state index in [0.29, 0.717) is 0 Å². The van der Waals surface area contributed by atoms with Gasteiger partial charge in [0.05, 0.1) is 0 Å². The SMILES string of the molecule is COCCCCNc1nc(Br)cs1. The number of hydrogen-bond acceptors (Lipinski definition) is 4. The van der Waals surface area contributed by atoms with E-state index in [0.717, 1.165) is 35.7 Å². The molecule has 0 unspecified atom stereocenters. The maximum absolute atomic E-state index is 4.95. The van der Waals surface area contributed by atoms with Crippen molar-refractivity contribution in [1.29, 1.82) is 0 Å².